The zero-order valence-electron chi connectivity index (χ0n) is 17.0. The van der Waals surface area contributed by atoms with E-state index in [1.54, 1.807) is 24.8 Å². The van der Waals surface area contributed by atoms with Crippen LogP contribution in [0.15, 0.2) is 30.9 Å². The number of anilines is 1. The predicted molar refractivity (Wildman–Crippen MR) is 108 cm³/mol. The lowest BCUT2D eigenvalue weighted by atomic mass is 9.80. The summed E-state index contributed by atoms with van der Waals surface area (Å²) in [5.74, 6) is 0.419. The average molecular weight is 395 g/mol. The normalized spacial score (nSPS) is 18.5. The second kappa shape index (κ2) is 7.03. The molecule has 0 aliphatic carbocycles. The molecule has 1 fully saturated rings. The van der Waals surface area contributed by atoms with Crippen molar-refractivity contribution in [2.24, 2.45) is 0 Å². The van der Waals surface area contributed by atoms with Crippen LogP contribution in [0.3, 0.4) is 0 Å². The van der Waals surface area contributed by atoms with Gasteiger partial charge in [0.15, 0.2) is 0 Å². The Labute approximate surface area is 168 Å². The van der Waals surface area contributed by atoms with Crippen molar-refractivity contribution in [1.82, 2.24) is 40.5 Å². The lowest BCUT2D eigenvalue weighted by Gasteiger charge is -2.46. The van der Waals surface area contributed by atoms with Crippen LogP contribution >= 0.6 is 0 Å². The van der Waals surface area contributed by atoms with Gasteiger partial charge in [-0.15, -0.1) is 15.0 Å². The number of nitrogens with zero attached hydrogens (tertiary/aromatic N) is 7. The molecule has 1 aliphatic rings. The van der Waals surface area contributed by atoms with Crippen molar-refractivity contribution in [3.8, 4) is 22.8 Å². The molecule has 10 nitrogen and oxygen atoms in total. The van der Waals surface area contributed by atoms with Crippen LogP contribution in [0.2, 0.25) is 0 Å². The third-order valence-corrected chi connectivity index (χ3v) is 4.83. The number of aromatic nitrogens is 7. The van der Waals surface area contributed by atoms with Crippen molar-refractivity contribution in [2.45, 2.75) is 57.7 Å². The molecule has 0 radical (unpaired) electrons. The lowest BCUT2D eigenvalue weighted by molar-refractivity contribution is 0.170. The zero-order chi connectivity index (χ0) is 20.6. The first-order valence-corrected chi connectivity index (χ1v) is 9.52. The molecule has 0 aromatic carbocycles. The van der Waals surface area contributed by atoms with Crippen LogP contribution < -0.4 is 10.6 Å². The van der Waals surface area contributed by atoms with Crippen molar-refractivity contribution in [3.63, 3.8) is 0 Å². The van der Waals surface area contributed by atoms with Crippen molar-refractivity contribution in [1.29, 1.82) is 0 Å². The molecule has 0 saturated carbocycles. The highest BCUT2D eigenvalue weighted by molar-refractivity contribution is 5.62. The van der Waals surface area contributed by atoms with Crippen LogP contribution in [0.5, 0.6) is 5.75 Å². The number of nitrogens with one attached hydrogen (secondary N) is 2. The molecule has 4 heterocycles. The minimum atomic E-state index is -0.0431. The van der Waals surface area contributed by atoms with Crippen LogP contribution in [-0.4, -0.2) is 57.4 Å². The average Bonchev–Trinajstić information content (AvgIpc) is 3.14. The highest BCUT2D eigenvalue weighted by Crippen LogP contribution is 2.30. The van der Waals surface area contributed by atoms with Crippen LogP contribution in [0.1, 0.15) is 40.5 Å². The smallest absolute Gasteiger partial charge is 0.242 e. The molecule has 3 N–H and O–H groups in total. The summed E-state index contributed by atoms with van der Waals surface area (Å²) in [4.78, 5) is 10.0. The second-order valence-corrected chi connectivity index (χ2v) is 8.69. The van der Waals surface area contributed by atoms with E-state index >= 15 is 0 Å². The van der Waals surface area contributed by atoms with Crippen molar-refractivity contribution in [2.75, 3.05) is 5.32 Å². The van der Waals surface area contributed by atoms with Gasteiger partial charge in [-0.1, -0.05) is 0 Å². The van der Waals surface area contributed by atoms with Gasteiger partial charge >= 0.3 is 0 Å². The van der Waals surface area contributed by atoms with Crippen molar-refractivity contribution in [3.05, 3.63) is 30.9 Å². The summed E-state index contributed by atoms with van der Waals surface area (Å²) in [5, 5.41) is 33.8. The fraction of sp³-hybridized carbons (Fsp3) is 0.474. The molecule has 4 rings (SSSR count). The summed E-state index contributed by atoms with van der Waals surface area (Å²) < 4.78 is 0. The van der Waals surface area contributed by atoms with Gasteiger partial charge in [-0.2, -0.15) is 10.2 Å². The first-order valence-electron chi connectivity index (χ1n) is 9.52. The molecule has 0 bridgehead atoms. The van der Waals surface area contributed by atoms with E-state index in [9.17, 15) is 5.11 Å². The monoisotopic (exact) mass is 395 g/mol. The number of hydrogen-bond acceptors (Lipinski definition) is 9. The molecular weight excluding hydrogens is 370 g/mol. The van der Waals surface area contributed by atoms with Crippen LogP contribution in [0.25, 0.3) is 17.1 Å². The molecule has 3 aromatic rings. The van der Waals surface area contributed by atoms with E-state index < -0.39 is 0 Å². The summed E-state index contributed by atoms with van der Waals surface area (Å²) in [7, 11) is 0. The fourth-order valence-electron chi connectivity index (χ4n) is 4.16. The topological polar surface area (TPSA) is 127 Å². The molecular formula is C19H25N9O. The fourth-order valence-corrected chi connectivity index (χ4v) is 4.16. The van der Waals surface area contributed by atoms with Crippen molar-refractivity contribution < 1.29 is 5.11 Å². The van der Waals surface area contributed by atoms with Crippen LogP contribution in [0.4, 0.5) is 5.95 Å². The molecule has 1 aliphatic heterocycles. The first-order chi connectivity index (χ1) is 13.7. The first kappa shape index (κ1) is 19.2. The largest absolute Gasteiger partial charge is 0.506 e. The van der Waals surface area contributed by atoms with E-state index in [0.717, 1.165) is 12.8 Å². The van der Waals surface area contributed by atoms with Gasteiger partial charge in [-0.25, -0.2) is 9.97 Å². The molecule has 0 atom stereocenters. The van der Waals surface area contributed by atoms with Gasteiger partial charge in [-0.05, 0) is 40.5 Å². The molecule has 0 unspecified atom stereocenters. The summed E-state index contributed by atoms with van der Waals surface area (Å²) in [6.45, 7) is 8.78. The summed E-state index contributed by atoms with van der Waals surface area (Å²) in [6.07, 6.45) is 8.12. The Morgan fingerprint density at radius 2 is 1.72 bits per heavy atom. The Morgan fingerprint density at radius 1 is 1.03 bits per heavy atom. The Hall–Kier alpha value is -3.14. The van der Waals surface area contributed by atoms with Gasteiger partial charge in [0.25, 0.3) is 0 Å². The standard InChI is InChI=1S/C19H25N9O/c1-18(2)8-12(9-19(3,4)27-18)24-17-21-11-14(25-26-17)16-15(29)7-13(10-20-16)28-22-5-6-23-28/h5-7,10-12,27,29H,8-9H2,1-4H3,(H,21,24,26). The molecule has 29 heavy (non-hydrogen) atoms. The Morgan fingerprint density at radius 3 is 2.31 bits per heavy atom. The highest BCUT2D eigenvalue weighted by Gasteiger charge is 2.37. The van der Waals surface area contributed by atoms with Gasteiger partial charge in [0.05, 0.1) is 24.8 Å². The van der Waals surface area contributed by atoms with Gasteiger partial charge in [0.1, 0.15) is 22.8 Å². The minimum Gasteiger partial charge on any atom is -0.506 e. The Balaban J connectivity index is 1.50. The maximum absolute atomic E-state index is 10.3. The molecule has 0 amide bonds. The number of hydrogen-bond donors (Lipinski definition) is 3. The minimum absolute atomic E-state index is 0.0215. The molecule has 10 heteroatoms. The zero-order valence-corrected chi connectivity index (χ0v) is 17.0. The molecule has 152 valence electrons. The third kappa shape index (κ3) is 4.32. The SMILES string of the molecule is CC1(C)CC(Nc2ncc(-c3ncc(-n4nccn4)cc3O)nn2)CC(C)(C)N1. The van der Waals surface area contributed by atoms with Gasteiger partial charge in [0, 0.05) is 23.2 Å². The number of pyridine rings is 1. The van der Waals surface area contributed by atoms with Crippen LogP contribution in [-0.2, 0) is 0 Å². The van der Waals surface area contributed by atoms with E-state index in [2.05, 4.69) is 68.7 Å². The number of piperidine rings is 1. The number of aromatic hydroxyl groups is 1. The molecule has 1 saturated heterocycles. The second-order valence-electron chi connectivity index (χ2n) is 8.69. The quantitative estimate of drug-likeness (QED) is 0.607. The van der Waals surface area contributed by atoms with E-state index in [1.165, 1.54) is 10.9 Å². The predicted octanol–water partition coefficient (Wildman–Crippen LogP) is 1.94. The summed E-state index contributed by atoms with van der Waals surface area (Å²) in [5.41, 5.74) is 1.28. The van der Waals surface area contributed by atoms with Gasteiger partial charge in [0.2, 0.25) is 5.95 Å². The van der Waals surface area contributed by atoms with E-state index in [-0.39, 0.29) is 22.9 Å². The Kier molecular flexibility index (Phi) is 4.65. The van der Waals surface area contributed by atoms with E-state index in [0.29, 0.717) is 23.0 Å². The molecule has 0 spiro atoms. The maximum Gasteiger partial charge on any atom is 0.242 e. The summed E-state index contributed by atoms with van der Waals surface area (Å²) in [6, 6.07) is 1.76. The Bertz CT molecular complexity index is 967. The maximum atomic E-state index is 10.3. The van der Waals surface area contributed by atoms with E-state index in [4.69, 9.17) is 0 Å². The van der Waals surface area contributed by atoms with Crippen LogP contribution in [0, 0.1) is 0 Å². The van der Waals surface area contributed by atoms with Gasteiger partial charge in [-0.3, -0.25) is 0 Å². The molecule has 3 aromatic heterocycles. The lowest BCUT2D eigenvalue weighted by Crippen LogP contribution is -2.60. The van der Waals surface area contributed by atoms with E-state index in [1.807, 2.05) is 0 Å². The number of rotatable bonds is 4. The third-order valence-electron chi connectivity index (χ3n) is 4.83. The highest BCUT2D eigenvalue weighted by atomic mass is 16.3. The van der Waals surface area contributed by atoms with Gasteiger partial charge < -0.3 is 15.7 Å². The van der Waals surface area contributed by atoms with Crippen molar-refractivity contribution >= 4 is 5.95 Å². The summed E-state index contributed by atoms with van der Waals surface area (Å²) >= 11 is 0.